The third-order valence-electron chi connectivity index (χ3n) is 2.37. The zero-order valence-corrected chi connectivity index (χ0v) is 13.6. The highest BCUT2D eigenvalue weighted by molar-refractivity contribution is 9.09. The van der Waals surface area contributed by atoms with Crippen molar-refractivity contribution in [1.29, 1.82) is 0 Å². The van der Waals surface area contributed by atoms with E-state index in [1.165, 1.54) is 11.1 Å². The van der Waals surface area contributed by atoms with Crippen LogP contribution in [-0.2, 0) is 12.8 Å². The second-order valence-electron chi connectivity index (χ2n) is 3.63. The molecule has 0 saturated carbocycles. The summed E-state index contributed by atoms with van der Waals surface area (Å²) < 4.78 is 0. The zero-order chi connectivity index (χ0) is 13.8. The second-order valence-corrected chi connectivity index (χ2v) is 4.72. The van der Waals surface area contributed by atoms with Crippen molar-refractivity contribution in [2.45, 2.75) is 26.7 Å². The van der Waals surface area contributed by atoms with Gasteiger partial charge in [0.15, 0.2) is 0 Å². The Morgan fingerprint density at radius 1 is 1.33 bits per heavy atom. The van der Waals surface area contributed by atoms with Crippen LogP contribution >= 0.6 is 27.5 Å². The lowest BCUT2D eigenvalue weighted by Crippen LogP contribution is -1.90. The van der Waals surface area contributed by atoms with Gasteiger partial charge in [0.25, 0.3) is 0 Å². The maximum Gasteiger partial charge on any atom is 0.0408 e. The number of nitrogens with zero attached hydrogens (tertiary/aromatic N) is 1. The van der Waals surface area contributed by atoms with Crippen molar-refractivity contribution in [3.63, 3.8) is 0 Å². The molecule has 1 aromatic rings. The number of halogens is 2. The van der Waals surface area contributed by atoms with Gasteiger partial charge in [-0.15, -0.1) is 0 Å². The summed E-state index contributed by atoms with van der Waals surface area (Å²) in [6.45, 7) is 4.20. The van der Waals surface area contributed by atoms with Gasteiger partial charge in [-0.3, -0.25) is 4.99 Å². The molecule has 1 aromatic carbocycles. The molecule has 0 amide bonds. The van der Waals surface area contributed by atoms with Gasteiger partial charge in [0.2, 0.25) is 0 Å². The topological polar surface area (TPSA) is 12.4 Å². The molecule has 0 aliphatic carbocycles. The minimum absolute atomic E-state index is 0.834. The van der Waals surface area contributed by atoms with Gasteiger partial charge in [-0.25, -0.2) is 0 Å². The smallest absolute Gasteiger partial charge is 0.0408 e. The summed E-state index contributed by atoms with van der Waals surface area (Å²) in [5.74, 6) is 0. The van der Waals surface area contributed by atoms with Crippen LogP contribution in [0, 0.1) is 0 Å². The van der Waals surface area contributed by atoms with E-state index in [9.17, 15) is 0 Å². The Balaban J connectivity index is 0.000000494. The van der Waals surface area contributed by atoms with Crippen LogP contribution in [0.4, 0.5) is 0 Å². The molecule has 0 aromatic heterocycles. The second kappa shape index (κ2) is 11.5. The summed E-state index contributed by atoms with van der Waals surface area (Å²) in [6.07, 6.45) is 8.10. The lowest BCUT2D eigenvalue weighted by atomic mass is 10.0. The molecule has 0 fully saturated rings. The predicted octanol–water partition coefficient (Wildman–Crippen LogP) is 5.10. The van der Waals surface area contributed by atoms with Crippen LogP contribution in [-0.4, -0.2) is 18.6 Å². The van der Waals surface area contributed by atoms with Crippen molar-refractivity contribution in [1.82, 2.24) is 0 Å². The molecule has 0 spiro atoms. The van der Waals surface area contributed by atoms with Crippen LogP contribution in [0.5, 0.6) is 0 Å². The van der Waals surface area contributed by atoms with Crippen LogP contribution in [0.15, 0.2) is 35.3 Å². The lowest BCUT2D eigenvalue weighted by Gasteiger charge is -2.05. The quantitative estimate of drug-likeness (QED) is 0.413. The van der Waals surface area contributed by atoms with Gasteiger partial charge in [0.1, 0.15) is 0 Å². The minimum Gasteiger partial charge on any atom is -0.300 e. The van der Waals surface area contributed by atoms with E-state index in [0.29, 0.717) is 0 Å². The van der Waals surface area contributed by atoms with Gasteiger partial charge in [-0.2, -0.15) is 0 Å². The molecule has 0 heterocycles. The standard InChI is InChI=1S/C12H15Cl.C3H6BrN/c1-3-5-6-11-7-8-12(13)9-10(11)4-2;1-5-3-2-4/h3,5,7-9H,4,6H2,1-2H3;3H,2H2,1H3/b5-3+;. The lowest BCUT2D eigenvalue weighted by molar-refractivity contribution is 1.08. The summed E-state index contributed by atoms with van der Waals surface area (Å²) >= 11 is 9.07. The largest absolute Gasteiger partial charge is 0.300 e. The molecular formula is C15H21BrClN. The molecule has 1 rings (SSSR count). The first-order valence-corrected chi connectivity index (χ1v) is 7.54. The molecule has 3 heteroatoms. The third kappa shape index (κ3) is 7.67. The number of rotatable bonds is 4. The van der Waals surface area contributed by atoms with Gasteiger partial charge < -0.3 is 0 Å². The van der Waals surface area contributed by atoms with E-state index in [0.717, 1.165) is 23.2 Å². The fraction of sp³-hybridized carbons (Fsp3) is 0.400. The number of allylic oxidation sites excluding steroid dienone is 2. The van der Waals surface area contributed by atoms with Crippen LogP contribution in [0.25, 0.3) is 0 Å². The molecule has 0 unspecified atom stereocenters. The summed E-state index contributed by atoms with van der Waals surface area (Å²) in [5, 5.41) is 1.70. The van der Waals surface area contributed by atoms with Crippen molar-refractivity contribution >= 4 is 33.7 Å². The summed E-state index contributed by atoms with van der Waals surface area (Å²) in [5.41, 5.74) is 2.73. The molecule has 0 radical (unpaired) electrons. The summed E-state index contributed by atoms with van der Waals surface area (Å²) in [6, 6.07) is 6.13. The molecular weight excluding hydrogens is 310 g/mol. The number of hydrogen-bond acceptors (Lipinski definition) is 1. The highest BCUT2D eigenvalue weighted by atomic mass is 79.9. The van der Waals surface area contributed by atoms with E-state index in [1.54, 1.807) is 13.3 Å². The maximum absolute atomic E-state index is 5.91. The molecule has 0 saturated heterocycles. The Morgan fingerprint density at radius 2 is 2.06 bits per heavy atom. The molecule has 18 heavy (non-hydrogen) atoms. The minimum atomic E-state index is 0.834. The average molecular weight is 331 g/mol. The first-order valence-electron chi connectivity index (χ1n) is 6.04. The molecule has 1 nitrogen and oxygen atoms in total. The molecule has 0 aliphatic rings. The molecule has 0 N–H and O–H groups in total. The van der Waals surface area contributed by atoms with Crippen molar-refractivity contribution in [2.75, 3.05) is 12.4 Å². The Labute approximate surface area is 124 Å². The molecule has 0 bridgehead atoms. The monoisotopic (exact) mass is 329 g/mol. The van der Waals surface area contributed by atoms with Gasteiger partial charge in [0, 0.05) is 23.6 Å². The van der Waals surface area contributed by atoms with E-state index < -0.39 is 0 Å². The Kier molecular flexibility index (Phi) is 11.1. The van der Waals surface area contributed by atoms with Crippen LogP contribution in [0.2, 0.25) is 5.02 Å². The maximum atomic E-state index is 5.91. The zero-order valence-electron chi connectivity index (χ0n) is 11.3. The van der Waals surface area contributed by atoms with Gasteiger partial charge in [-0.05, 0) is 43.0 Å². The first-order chi connectivity index (χ1) is 8.69. The van der Waals surface area contributed by atoms with E-state index in [1.807, 2.05) is 13.0 Å². The van der Waals surface area contributed by atoms with Crippen LogP contribution < -0.4 is 0 Å². The van der Waals surface area contributed by atoms with Crippen LogP contribution in [0.1, 0.15) is 25.0 Å². The highest BCUT2D eigenvalue weighted by Gasteiger charge is 1.99. The first kappa shape index (κ1) is 17.4. The fourth-order valence-electron chi connectivity index (χ4n) is 1.44. The number of aryl methyl sites for hydroxylation is 1. The Hall–Kier alpha value is -0.600. The molecule has 0 aliphatic heterocycles. The average Bonchev–Trinajstić information content (AvgIpc) is 2.39. The number of alkyl halides is 1. The van der Waals surface area contributed by atoms with Crippen molar-refractivity contribution in [3.05, 3.63) is 46.5 Å². The van der Waals surface area contributed by atoms with Crippen molar-refractivity contribution in [2.24, 2.45) is 4.99 Å². The molecule has 0 atom stereocenters. The number of benzene rings is 1. The van der Waals surface area contributed by atoms with E-state index in [-0.39, 0.29) is 0 Å². The van der Waals surface area contributed by atoms with Gasteiger partial charge in [-0.1, -0.05) is 52.7 Å². The Bertz CT molecular complexity index is 386. The SMILES string of the molecule is C/C=C/Cc1ccc(Cl)cc1CC.CN=CCBr. The summed E-state index contributed by atoms with van der Waals surface area (Å²) in [4.78, 5) is 3.68. The highest BCUT2D eigenvalue weighted by Crippen LogP contribution is 2.17. The van der Waals surface area contributed by atoms with E-state index >= 15 is 0 Å². The van der Waals surface area contributed by atoms with Crippen molar-refractivity contribution < 1.29 is 0 Å². The number of aliphatic imine (C=N–C) groups is 1. The Morgan fingerprint density at radius 3 is 2.50 bits per heavy atom. The van der Waals surface area contributed by atoms with E-state index in [4.69, 9.17) is 11.6 Å². The summed E-state index contributed by atoms with van der Waals surface area (Å²) in [7, 11) is 1.75. The number of hydrogen-bond donors (Lipinski definition) is 0. The van der Waals surface area contributed by atoms with Gasteiger partial charge >= 0.3 is 0 Å². The molecule has 100 valence electrons. The predicted molar refractivity (Wildman–Crippen MR) is 87.6 cm³/mol. The van der Waals surface area contributed by atoms with Crippen LogP contribution in [0.3, 0.4) is 0 Å². The normalized spacial score (nSPS) is 10.7. The van der Waals surface area contributed by atoms with Crippen molar-refractivity contribution in [3.8, 4) is 0 Å². The third-order valence-corrected chi connectivity index (χ3v) is 2.90. The van der Waals surface area contributed by atoms with E-state index in [2.05, 4.69) is 52.1 Å². The fourth-order valence-corrected chi connectivity index (χ4v) is 1.92. The van der Waals surface area contributed by atoms with Gasteiger partial charge in [0.05, 0.1) is 0 Å².